The lowest BCUT2D eigenvalue weighted by Crippen LogP contribution is -2.48. The number of morpholine rings is 1. The molecule has 28 heavy (non-hydrogen) atoms. The third-order valence-electron chi connectivity index (χ3n) is 4.50. The maximum absolute atomic E-state index is 12.9. The molecule has 8 heteroatoms. The smallest absolute Gasteiger partial charge is 0.243 e. The van der Waals surface area contributed by atoms with Gasteiger partial charge >= 0.3 is 0 Å². The van der Waals surface area contributed by atoms with E-state index in [1.807, 2.05) is 13.8 Å². The molecule has 0 amide bonds. The van der Waals surface area contributed by atoms with Crippen molar-refractivity contribution in [1.29, 1.82) is 0 Å². The molecule has 1 fully saturated rings. The predicted octanol–water partition coefficient (Wildman–Crippen LogP) is 2.92. The largest absolute Gasteiger partial charge is 0.378 e. The van der Waals surface area contributed by atoms with Crippen LogP contribution in [0, 0.1) is 5.82 Å². The summed E-state index contributed by atoms with van der Waals surface area (Å²) in [6.45, 7) is 4.36. The summed E-state index contributed by atoms with van der Waals surface area (Å²) in [5, 5.41) is 2.96. The van der Waals surface area contributed by atoms with Crippen LogP contribution in [-0.2, 0) is 14.8 Å². The first-order valence-corrected chi connectivity index (χ1v) is 10.5. The first-order chi connectivity index (χ1) is 13.3. The third-order valence-corrected chi connectivity index (χ3v) is 6.34. The van der Waals surface area contributed by atoms with Crippen molar-refractivity contribution >= 4 is 21.5 Å². The molecule has 0 radical (unpaired) electrons. The highest BCUT2D eigenvalue weighted by Gasteiger charge is 2.32. The summed E-state index contributed by atoms with van der Waals surface area (Å²) in [5.41, 5.74) is 1.03. The fourth-order valence-electron chi connectivity index (χ4n) is 3.14. The molecular weight excluding hydrogens is 383 g/mol. The van der Waals surface area contributed by atoms with Crippen molar-refractivity contribution in [3.63, 3.8) is 0 Å². The number of carbonyl (C=O) groups excluding carboxylic acids is 1. The van der Waals surface area contributed by atoms with Crippen LogP contribution in [-0.4, -0.2) is 50.3 Å². The van der Waals surface area contributed by atoms with Gasteiger partial charge in [-0.05, 0) is 62.4 Å². The van der Waals surface area contributed by atoms with Crippen LogP contribution in [0.5, 0.6) is 0 Å². The van der Waals surface area contributed by atoms with Gasteiger partial charge in [0.1, 0.15) is 5.82 Å². The number of benzene rings is 2. The third kappa shape index (κ3) is 4.76. The minimum atomic E-state index is -3.60. The summed E-state index contributed by atoms with van der Waals surface area (Å²) in [7, 11) is -3.60. The zero-order valence-corrected chi connectivity index (χ0v) is 16.6. The monoisotopic (exact) mass is 406 g/mol. The first kappa shape index (κ1) is 20.4. The van der Waals surface area contributed by atoms with E-state index in [0.717, 1.165) is 0 Å². The van der Waals surface area contributed by atoms with E-state index in [-0.39, 0.29) is 29.4 Å². The maximum Gasteiger partial charge on any atom is 0.243 e. The molecule has 3 rings (SSSR count). The highest BCUT2D eigenvalue weighted by Crippen LogP contribution is 2.22. The summed E-state index contributed by atoms with van der Waals surface area (Å²) in [5.74, 6) is -0.585. The lowest BCUT2D eigenvalue weighted by molar-refractivity contribution is -0.0440. The van der Waals surface area contributed by atoms with Gasteiger partial charge in [-0.2, -0.15) is 4.31 Å². The highest BCUT2D eigenvalue weighted by atomic mass is 32.2. The van der Waals surface area contributed by atoms with Crippen molar-refractivity contribution < 1.29 is 22.3 Å². The van der Waals surface area contributed by atoms with Crippen LogP contribution in [0.1, 0.15) is 24.2 Å². The van der Waals surface area contributed by atoms with Crippen molar-refractivity contribution in [3.8, 4) is 0 Å². The van der Waals surface area contributed by atoms with E-state index in [4.69, 9.17) is 4.74 Å². The van der Waals surface area contributed by atoms with E-state index in [1.165, 1.54) is 40.7 Å². The number of Topliss-reactive ketones (excluding diaryl/α,β-unsaturated/α-hetero) is 1. The number of hydrogen-bond acceptors (Lipinski definition) is 5. The number of rotatable bonds is 6. The van der Waals surface area contributed by atoms with Crippen LogP contribution in [0.25, 0.3) is 0 Å². The van der Waals surface area contributed by atoms with Crippen molar-refractivity contribution in [2.24, 2.45) is 0 Å². The Bertz CT molecular complexity index is 920. The number of ketones is 1. The van der Waals surface area contributed by atoms with Crippen LogP contribution in [0.4, 0.5) is 10.1 Å². The molecule has 0 aromatic heterocycles. The van der Waals surface area contributed by atoms with Gasteiger partial charge in [0.2, 0.25) is 10.0 Å². The van der Waals surface area contributed by atoms with Crippen molar-refractivity contribution in [2.75, 3.05) is 25.0 Å². The van der Waals surface area contributed by atoms with Crippen LogP contribution >= 0.6 is 0 Å². The summed E-state index contributed by atoms with van der Waals surface area (Å²) in [6.07, 6.45) is -0.311. The van der Waals surface area contributed by atoms with E-state index < -0.39 is 15.8 Å². The number of carbonyl (C=O) groups is 1. The molecule has 1 N–H and O–H groups in total. The van der Waals surface area contributed by atoms with Gasteiger partial charge in [-0.25, -0.2) is 12.8 Å². The molecule has 2 unspecified atom stereocenters. The summed E-state index contributed by atoms with van der Waals surface area (Å²) in [6, 6.07) is 11.6. The minimum absolute atomic E-state index is 0.0240. The zero-order valence-electron chi connectivity index (χ0n) is 15.8. The standard InChI is InChI=1S/C20H23FN2O4S/c1-14-12-23(13-15(2)27-14)28(25,26)19-9-7-18(8-10-19)22-11-20(24)16-3-5-17(21)6-4-16/h3-10,14-15,22H,11-13H2,1-2H3. The Labute approximate surface area is 164 Å². The average Bonchev–Trinajstić information content (AvgIpc) is 2.66. The Kier molecular flexibility index (Phi) is 6.12. The molecule has 1 aliphatic heterocycles. The number of hydrogen-bond donors (Lipinski definition) is 1. The van der Waals surface area contributed by atoms with E-state index in [0.29, 0.717) is 24.3 Å². The van der Waals surface area contributed by atoms with E-state index in [9.17, 15) is 17.6 Å². The Hall–Kier alpha value is -2.29. The van der Waals surface area contributed by atoms with Gasteiger partial charge in [-0.1, -0.05) is 0 Å². The van der Waals surface area contributed by atoms with E-state index in [2.05, 4.69) is 5.32 Å². The van der Waals surface area contributed by atoms with Gasteiger partial charge in [0.25, 0.3) is 0 Å². The second-order valence-electron chi connectivity index (χ2n) is 6.89. The summed E-state index contributed by atoms with van der Waals surface area (Å²) in [4.78, 5) is 12.3. The lowest BCUT2D eigenvalue weighted by Gasteiger charge is -2.34. The molecule has 1 aliphatic rings. The minimum Gasteiger partial charge on any atom is -0.378 e. The quantitative estimate of drug-likeness (QED) is 0.747. The Morgan fingerprint density at radius 3 is 2.21 bits per heavy atom. The fraction of sp³-hybridized carbons (Fsp3) is 0.350. The fourth-order valence-corrected chi connectivity index (χ4v) is 4.73. The number of sulfonamides is 1. The molecule has 1 heterocycles. The van der Waals surface area contributed by atoms with Gasteiger partial charge in [-0.3, -0.25) is 4.79 Å². The van der Waals surface area contributed by atoms with Crippen LogP contribution in [0.3, 0.4) is 0 Å². The lowest BCUT2D eigenvalue weighted by atomic mass is 10.1. The SMILES string of the molecule is CC1CN(S(=O)(=O)c2ccc(NCC(=O)c3ccc(F)cc3)cc2)CC(C)O1. The predicted molar refractivity (Wildman–Crippen MR) is 104 cm³/mol. The van der Waals surface area contributed by atoms with Crippen LogP contribution in [0.15, 0.2) is 53.4 Å². The van der Waals surface area contributed by atoms with E-state index in [1.54, 1.807) is 12.1 Å². The summed E-state index contributed by atoms with van der Waals surface area (Å²) < 4.78 is 45.6. The molecule has 2 aromatic rings. The van der Waals surface area contributed by atoms with Crippen LogP contribution < -0.4 is 5.32 Å². The molecule has 150 valence electrons. The first-order valence-electron chi connectivity index (χ1n) is 9.04. The molecule has 0 bridgehead atoms. The Balaban J connectivity index is 1.64. The number of halogens is 1. The second-order valence-corrected chi connectivity index (χ2v) is 8.83. The molecule has 0 spiro atoms. The molecule has 6 nitrogen and oxygen atoms in total. The Morgan fingerprint density at radius 2 is 1.64 bits per heavy atom. The topological polar surface area (TPSA) is 75.7 Å². The molecule has 2 aromatic carbocycles. The average molecular weight is 406 g/mol. The van der Waals surface area contributed by atoms with Gasteiger partial charge < -0.3 is 10.1 Å². The molecular formula is C20H23FN2O4S. The van der Waals surface area contributed by atoms with Gasteiger partial charge in [0.15, 0.2) is 5.78 Å². The number of nitrogens with zero attached hydrogens (tertiary/aromatic N) is 1. The van der Waals surface area contributed by atoms with E-state index >= 15 is 0 Å². The van der Waals surface area contributed by atoms with Crippen LogP contribution in [0.2, 0.25) is 0 Å². The van der Waals surface area contributed by atoms with Crippen molar-refractivity contribution in [3.05, 3.63) is 59.9 Å². The number of anilines is 1. The summed E-state index contributed by atoms with van der Waals surface area (Å²) >= 11 is 0. The second kappa shape index (κ2) is 8.38. The number of nitrogens with one attached hydrogen (secondary N) is 1. The maximum atomic E-state index is 12.9. The van der Waals surface area contributed by atoms with Gasteiger partial charge in [0.05, 0.1) is 23.6 Å². The molecule has 2 atom stereocenters. The van der Waals surface area contributed by atoms with Gasteiger partial charge in [0, 0.05) is 24.3 Å². The highest BCUT2D eigenvalue weighted by molar-refractivity contribution is 7.89. The zero-order chi connectivity index (χ0) is 20.3. The van der Waals surface area contributed by atoms with Crippen molar-refractivity contribution in [1.82, 2.24) is 4.31 Å². The molecule has 1 saturated heterocycles. The molecule has 0 aliphatic carbocycles. The van der Waals surface area contributed by atoms with Crippen molar-refractivity contribution in [2.45, 2.75) is 31.0 Å². The van der Waals surface area contributed by atoms with Gasteiger partial charge in [-0.15, -0.1) is 0 Å². The number of ether oxygens (including phenoxy) is 1. The normalized spacial score (nSPS) is 20.7. The molecule has 0 saturated carbocycles. The Morgan fingerprint density at radius 1 is 1.07 bits per heavy atom.